The molecule has 0 saturated carbocycles. The summed E-state index contributed by atoms with van der Waals surface area (Å²) in [5, 5.41) is 13.0. The van der Waals surface area contributed by atoms with Crippen molar-refractivity contribution in [3.05, 3.63) is 71.9 Å². The number of hydrogen-bond acceptors (Lipinski definition) is 6. The van der Waals surface area contributed by atoms with Gasteiger partial charge in [-0.15, -0.1) is 0 Å². The number of nitrogens with zero attached hydrogens (tertiary/aromatic N) is 7. The van der Waals surface area contributed by atoms with Gasteiger partial charge >= 0.3 is 0 Å². The summed E-state index contributed by atoms with van der Waals surface area (Å²) in [4.78, 5) is 25.4. The molecule has 0 aliphatic carbocycles. The van der Waals surface area contributed by atoms with Crippen LogP contribution in [0.15, 0.2) is 55.2 Å². The van der Waals surface area contributed by atoms with Gasteiger partial charge in [-0.2, -0.15) is 10.4 Å². The highest BCUT2D eigenvalue weighted by Crippen LogP contribution is 2.16. The fraction of sp³-hybridized carbons (Fsp3) is 0.250. The second-order valence-corrected chi connectivity index (χ2v) is 6.59. The number of piperazine rings is 1. The van der Waals surface area contributed by atoms with Crippen LogP contribution in [-0.2, 0) is 6.54 Å². The van der Waals surface area contributed by atoms with E-state index in [1.165, 1.54) is 22.9 Å². The van der Waals surface area contributed by atoms with E-state index in [1.54, 1.807) is 18.3 Å². The first-order valence-electron chi connectivity index (χ1n) is 9.05. The van der Waals surface area contributed by atoms with Crippen molar-refractivity contribution in [1.29, 1.82) is 5.26 Å². The van der Waals surface area contributed by atoms with Crippen LogP contribution >= 0.6 is 0 Å². The van der Waals surface area contributed by atoms with E-state index in [9.17, 15) is 4.79 Å². The second-order valence-electron chi connectivity index (χ2n) is 6.59. The normalized spacial score (nSPS) is 14.6. The Morgan fingerprint density at radius 3 is 2.57 bits per heavy atom. The fourth-order valence-corrected chi connectivity index (χ4v) is 3.29. The molecular formula is C20H19N7O. The number of amides is 1. The van der Waals surface area contributed by atoms with Gasteiger partial charge in [0.25, 0.3) is 5.91 Å². The Hall–Kier alpha value is -3.57. The van der Waals surface area contributed by atoms with Crippen LogP contribution < -0.4 is 0 Å². The summed E-state index contributed by atoms with van der Waals surface area (Å²) in [5.74, 6) is 0.446. The largest absolute Gasteiger partial charge is 0.336 e. The summed E-state index contributed by atoms with van der Waals surface area (Å²) in [6, 6.07) is 13.3. The van der Waals surface area contributed by atoms with Crippen molar-refractivity contribution in [3.8, 4) is 11.9 Å². The molecule has 8 nitrogen and oxygen atoms in total. The molecule has 0 spiro atoms. The van der Waals surface area contributed by atoms with Crippen LogP contribution in [0, 0.1) is 11.3 Å². The number of carbonyl (C=O) groups excluding carboxylic acids is 1. The van der Waals surface area contributed by atoms with Crippen LogP contribution in [0.5, 0.6) is 0 Å². The van der Waals surface area contributed by atoms with Crippen LogP contribution in [0.3, 0.4) is 0 Å². The van der Waals surface area contributed by atoms with Gasteiger partial charge in [0, 0.05) is 38.9 Å². The monoisotopic (exact) mass is 373 g/mol. The second kappa shape index (κ2) is 7.98. The molecule has 1 aromatic carbocycles. The van der Waals surface area contributed by atoms with E-state index >= 15 is 0 Å². The van der Waals surface area contributed by atoms with Crippen molar-refractivity contribution >= 4 is 5.91 Å². The number of nitriles is 1. The van der Waals surface area contributed by atoms with E-state index < -0.39 is 0 Å². The molecule has 0 N–H and O–H groups in total. The van der Waals surface area contributed by atoms with Crippen LogP contribution in [0.1, 0.15) is 21.5 Å². The molecule has 0 unspecified atom stereocenters. The summed E-state index contributed by atoms with van der Waals surface area (Å²) in [6.45, 7) is 3.71. The van der Waals surface area contributed by atoms with Crippen molar-refractivity contribution in [2.45, 2.75) is 6.54 Å². The maximum absolute atomic E-state index is 13.0. The third-order valence-corrected chi connectivity index (χ3v) is 4.80. The van der Waals surface area contributed by atoms with Crippen LogP contribution in [0.25, 0.3) is 5.82 Å². The SMILES string of the molecule is N#Cc1ccc(CN2CCN(C(=O)c3cccnc3-n3cncn3)CC2)cc1. The molecule has 4 rings (SSSR count). The molecule has 1 aliphatic rings. The van der Waals surface area contributed by atoms with E-state index in [4.69, 9.17) is 5.26 Å². The number of aromatic nitrogens is 4. The smallest absolute Gasteiger partial charge is 0.257 e. The number of rotatable bonds is 4. The minimum absolute atomic E-state index is 0.0448. The summed E-state index contributed by atoms with van der Waals surface area (Å²) in [6.07, 6.45) is 4.60. The lowest BCUT2D eigenvalue weighted by Crippen LogP contribution is -2.48. The summed E-state index contributed by atoms with van der Waals surface area (Å²) in [5.41, 5.74) is 2.35. The van der Waals surface area contributed by atoms with Gasteiger partial charge in [-0.1, -0.05) is 12.1 Å². The summed E-state index contributed by atoms with van der Waals surface area (Å²) < 4.78 is 1.51. The van der Waals surface area contributed by atoms with Crippen molar-refractivity contribution in [2.24, 2.45) is 0 Å². The molecule has 8 heteroatoms. The molecule has 1 fully saturated rings. The van der Waals surface area contributed by atoms with E-state index in [2.05, 4.69) is 26.0 Å². The minimum atomic E-state index is -0.0448. The predicted molar refractivity (Wildman–Crippen MR) is 101 cm³/mol. The molecule has 0 atom stereocenters. The van der Waals surface area contributed by atoms with Crippen molar-refractivity contribution in [1.82, 2.24) is 29.5 Å². The van der Waals surface area contributed by atoms with Gasteiger partial charge in [0.2, 0.25) is 0 Å². The average Bonchev–Trinajstić information content (AvgIpc) is 3.29. The molecule has 140 valence electrons. The minimum Gasteiger partial charge on any atom is -0.336 e. The van der Waals surface area contributed by atoms with Crippen molar-refractivity contribution in [3.63, 3.8) is 0 Å². The molecule has 0 radical (unpaired) electrons. The average molecular weight is 373 g/mol. The van der Waals surface area contributed by atoms with Crippen molar-refractivity contribution in [2.75, 3.05) is 26.2 Å². The van der Waals surface area contributed by atoms with E-state index in [1.807, 2.05) is 29.2 Å². The van der Waals surface area contributed by atoms with Gasteiger partial charge in [0.15, 0.2) is 5.82 Å². The summed E-state index contributed by atoms with van der Waals surface area (Å²) in [7, 11) is 0. The zero-order valence-corrected chi connectivity index (χ0v) is 15.3. The number of hydrogen-bond donors (Lipinski definition) is 0. The lowest BCUT2D eigenvalue weighted by molar-refractivity contribution is 0.0628. The van der Waals surface area contributed by atoms with Gasteiger partial charge in [-0.25, -0.2) is 14.6 Å². The van der Waals surface area contributed by atoms with E-state index in [0.29, 0.717) is 30.0 Å². The molecule has 2 aromatic heterocycles. The molecular weight excluding hydrogens is 354 g/mol. The Balaban J connectivity index is 1.40. The zero-order valence-electron chi connectivity index (χ0n) is 15.3. The third-order valence-electron chi connectivity index (χ3n) is 4.80. The Kier molecular flexibility index (Phi) is 5.08. The van der Waals surface area contributed by atoms with Gasteiger partial charge in [0.1, 0.15) is 12.7 Å². The number of carbonyl (C=O) groups is 1. The van der Waals surface area contributed by atoms with Crippen LogP contribution in [-0.4, -0.2) is 61.6 Å². The highest BCUT2D eigenvalue weighted by molar-refractivity contribution is 5.97. The maximum atomic E-state index is 13.0. The zero-order chi connectivity index (χ0) is 19.3. The Labute approximate surface area is 162 Å². The molecule has 0 bridgehead atoms. The van der Waals surface area contributed by atoms with Gasteiger partial charge in [0.05, 0.1) is 17.2 Å². The van der Waals surface area contributed by atoms with Crippen LogP contribution in [0.4, 0.5) is 0 Å². The molecule has 1 aliphatic heterocycles. The lowest BCUT2D eigenvalue weighted by atomic mass is 10.1. The first kappa shape index (κ1) is 17.8. The predicted octanol–water partition coefficient (Wildman–Crippen LogP) is 1.49. The quantitative estimate of drug-likeness (QED) is 0.688. The Morgan fingerprint density at radius 2 is 1.89 bits per heavy atom. The molecule has 3 heterocycles. The maximum Gasteiger partial charge on any atom is 0.257 e. The van der Waals surface area contributed by atoms with Gasteiger partial charge < -0.3 is 4.90 Å². The first-order chi connectivity index (χ1) is 13.7. The first-order valence-corrected chi connectivity index (χ1v) is 9.05. The van der Waals surface area contributed by atoms with E-state index in [0.717, 1.165) is 19.6 Å². The van der Waals surface area contributed by atoms with Crippen molar-refractivity contribution < 1.29 is 4.79 Å². The highest BCUT2D eigenvalue weighted by atomic mass is 16.2. The Morgan fingerprint density at radius 1 is 1.11 bits per heavy atom. The lowest BCUT2D eigenvalue weighted by Gasteiger charge is -2.35. The molecule has 3 aromatic rings. The fourth-order valence-electron chi connectivity index (χ4n) is 3.29. The molecule has 1 amide bonds. The topological polar surface area (TPSA) is 90.9 Å². The molecule has 1 saturated heterocycles. The van der Waals surface area contributed by atoms with E-state index in [-0.39, 0.29) is 5.91 Å². The summed E-state index contributed by atoms with van der Waals surface area (Å²) >= 11 is 0. The van der Waals surface area contributed by atoms with Gasteiger partial charge in [-0.3, -0.25) is 9.69 Å². The highest BCUT2D eigenvalue weighted by Gasteiger charge is 2.25. The van der Waals surface area contributed by atoms with Gasteiger partial charge in [-0.05, 0) is 29.8 Å². The van der Waals surface area contributed by atoms with Crippen LogP contribution in [0.2, 0.25) is 0 Å². The number of pyridine rings is 1. The molecule has 28 heavy (non-hydrogen) atoms. The third kappa shape index (κ3) is 3.75. The Bertz CT molecular complexity index is 984. The standard InChI is InChI=1S/C20H19N7O/c21-12-16-3-5-17(6-4-16)13-25-8-10-26(11-9-25)20(28)18-2-1-7-23-19(18)27-15-22-14-24-27/h1-7,14-15H,8-11,13H2. The number of benzene rings is 1.